The molecule has 2 aromatic heterocycles. The molecule has 0 aliphatic carbocycles. The smallest absolute Gasteiger partial charge is 0.164 e. The average molecular weight is 438 g/mol. The summed E-state index contributed by atoms with van der Waals surface area (Å²) in [7, 11) is 0. The first-order valence-corrected chi connectivity index (χ1v) is 10.1. The molecule has 0 saturated carbocycles. The number of nitrogens with zero attached hydrogens (tertiary/aromatic N) is 3. The van der Waals surface area contributed by atoms with Crippen molar-refractivity contribution in [1.29, 1.82) is 0 Å². The first-order chi connectivity index (χ1) is 15.4. The first-order valence-electron chi connectivity index (χ1n) is 10.1. The van der Waals surface area contributed by atoms with Crippen LogP contribution in [0, 0.1) is 11.6 Å². The molecule has 4 atom stereocenters. The van der Waals surface area contributed by atoms with Gasteiger partial charge in [-0.1, -0.05) is 30.3 Å². The standard InChI is InChI=1S/C23H20F2N4O3/c1-12-19(30)20(31)23(32-12)29-10-17(13-5-3-2-4-6-13)18-21(26-11-27-22(18)29)28-16-8-14(24)7-15(25)9-16/h2-12,19-20,23,30-31H,1H3,(H,26,27,28)/t12-,19+,20+,23-/m1/s1. The zero-order valence-corrected chi connectivity index (χ0v) is 17.0. The summed E-state index contributed by atoms with van der Waals surface area (Å²) in [5.41, 5.74) is 2.20. The van der Waals surface area contributed by atoms with E-state index >= 15 is 0 Å². The second kappa shape index (κ2) is 7.94. The molecule has 1 saturated heterocycles. The van der Waals surface area contributed by atoms with E-state index in [4.69, 9.17) is 4.74 Å². The second-order valence-corrected chi connectivity index (χ2v) is 7.73. The lowest BCUT2D eigenvalue weighted by Crippen LogP contribution is -2.30. The number of hydrogen-bond acceptors (Lipinski definition) is 6. The maximum absolute atomic E-state index is 13.7. The summed E-state index contributed by atoms with van der Waals surface area (Å²) < 4.78 is 34.9. The highest BCUT2D eigenvalue weighted by atomic mass is 19.1. The SMILES string of the molecule is C[C@H]1O[C@@H](n2cc(-c3ccccc3)c3c(Nc4cc(F)cc(F)c4)ncnc32)[C@@H](O)[C@H]1O. The van der Waals surface area contributed by atoms with E-state index in [0.717, 1.165) is 29.3 Å². The molecule has 0 spiro atoms. The number of ether oxygens (including phenoxy) is 1. The van der Waals surface area contributed by atoms with Crippen molar-refractivity contribution in [2.75, 3.05) is 5.32 Å². The van der Waals surface area contributed by atoms with Crippen LogP contribution >= 0.6 is 0 Å². The van der Waals surface area contributed by atoms with Crippen molar-refractivity contribution in [3.63, 3.8) is 0 Å². The average Bonchev–Trinajstić information content (AvgIpc) is 3.27. The molecule has 2 aromatic carbocycles. The van der Waals surface area contributed by atoms with E-state index in [-0.39, 0.29) is 5.69 Å². The number of rotatable bonds is 4. The summed E-state index contributed by atoms with van der Waals surface area (Å²) in [6.07, 6.45) is -0.561. The number of anilines is 2. The Balaban J connectivity index is 1.70. The highest BCUT2D eigenvalue weighted by molar-refractivity contribution is 6.02. The van der Waals surface area contributed by atoms with Crippen LogP contribution in [0.5, 0.6) is 0 Å². The Labute approximate surface area is 181 Å². The van der Waals surface area contributed by atoms with Crippen LogP contribution in [0.2, 0.25) is 0 Å². The number of aliphatic hydroxyl groups excluding tert-OH is 2. The normalized spacial score (nSPS) is 23.0. The molecule has 1 fully saturated rings. The van der Waals surface area contributed by atoms with Gasteiger partial charge in [0.1, 0.15) is 41.6 Å². The lowest BCUT2D eigenvalue weighted by molar-refractivity contribution is -0.0295. The molecule has 1 aliphatic rings. The Kier molecular flexibility index (Phi) is 5.09. The molecule has 3 N–H and O–H groups in total. The third-order valence-electron chi connectivity index (χ3n) is 5.57. The molecule has 7 nitrogen and oxygen atoms in total. The summed E-state index contributed by atoms with van der Waals surface area (Å²) in [4.78, 5) is 8.69. The van der Waals surface area contributed by atoms with Crippen LogP contribution in [0.1, 0.15) is 13.2 Å². The van der Waals surface area contributed by atoms with Crippen molar-refractivity contribution in [3.05, 3.63) is 72.7 Å². The molecule has 164 valence electrons. The van der Waals surface area contributed by atoms with Gasteiger partial charge >= 0.3 is 0 Å². The fourth-order valence-electron chi connectivity index (χ4n) is 4.03. The van der Waals surface area contributed by atoms with Crippen LogP contribution in [-0.2, 0) is 4.74 Å². The molecule has 0 radical (unpaired) electrons. The van der Waals surface area contributed by atoms with E-state index in [9.17, 15) is 19.0 Å². The molecule has 9 heteroatoms. The topological polar surface area (TPSA) is 92.4 Å². The van der Waals surface area contributed by atoms with E-state index in [2.05, 4.69) is 15.3 Å². The largest absolute Gasteiger partial charge is 0.388 e. The Morgan fingerprint density at radius 2 is 1.72 bits per heavy atom. The van der Waals surface area contributed by atoms with Crippen molar-refractivity contribution in [2.24, 2.45) is 0 Å². The van der Waals surface area contributed by atoms with Crippen LogP contribution < -0.4 is 5.32 Å². The summed E-state index contributed by atoms with van der Waals surface area (Å²) in [6.45, 7) is 1.68. The molecule has 0 bridgehead atoms. The van der Waals surface area contributed by atoms with E-state index < -0.39 is 36.2 Å². The highest BCUT2D eigenvalue weighted by Gasteiger charge is 2.42. The van der Waals surface area contributed by atoms with Gasteiger partial charge in [0.25, 0.3) is 0 Å². The Hall–Kier alpha value is -3.40. The predicted molar refractivity (Wildman–Crippen MR) is 114 cm³/mol. The molecule has 32 heavy (non-hydrogen) atoms. The molecule has 4 aromatic rings. The van der Waals surface area contributed by atoms with Crippen molar-refractivity contribution in [1.82, 2.24) is 14.5 Å². The lowest BCUT2D eigenvalue weighted by atomic mass is 10.1. The van der Waals surface area contributed by atoms with Crippen LogP contribution in [-0.4, -0.2) is 43.1 Å². The second-order valence-electron chi connectivity index (χ2n) is 7.73. The van der Waals surface area contributed by atoms with Gasteiger partial charge in [-0.05, 0) is 24.6 Å². The number of hydrogen-bond donors (Lipinski definition) is 3. The quantitative estimate of drug-likeness (QED) is 0.449. The van der Waals surface area contributed by atoms with Gasteiger partial charge in [-0.15, -0.1) is 0 Å². The number of aromatic nitrogens is 3. The third kappa shape index (κ3) is 3.50. The van der Waals surface area contributed by atoms with Gasteiger partial charge in [-0.25, -0.2) is 18.7 Å². The summed E-state index contributed by atoms with van der Waals surface area (Å²) in [5, 5.41) is 24.3. The van der Waals surface area contributed by atoms with Gasteiger partial charge in [-0.2, -0.15) is 0 Å². The zero-order valence-electron chi connectivity index (χ0n) is 17.0. The molecule has 3 heterocycles. The van der Waals surface area contributed by atoms with Crippen LogP contribution in [0.4, 0.5) is 20.3 Å². The van der Waals surface area contributed by atoms with Crippen LogP contribution in [0.25, 0.3) is 22.2 Å². The lowest BCUT2D eigenvalue weighted by Gasteiger charge is -2.17. The van der Waals surface area contributed by atoms with Gasteiger partial charge in [0.05, 0.1) is 11.5 Å². The predicted octanol–water partition coefficient (Wildman–Crippen LogP) is 3.76. The van der Waals surface area contributed by atoms with Gasteiger partial charge < -0.3 is 24.8 Å². The molecular weight excluding hydrogens is 418 g/mol. The fraction of sp³-hybridized carbons (Fsp3) is 0.217. The molecular formula is C23H20F2N4O3. The van der Waals surface area contributed by atoms with Crippen molar-refractivity contribution < 1.29 is 23.7 Å². The monoisotopic (exact) mass is 438 g/mol. The minimum absolute atomic E-state index is 0.190. The molecule has 0 unspecified atom stereocenters. The Morgan fingerprint density at radius 3 is 2.38 bits per heavy atom. The summed E-state index contributed by atoms with van der Waals surface area (Å²) in [5.74, 6) is -1.10. The van der Waals surface area contributed by atoms with Gasteiger partial charge in [0.15, 0.2) is 6.23 Å². The maximum Gasteiger partial charge on any atom is 0.164 e. The summed E-state index contributed by atoms with van der Waals surface area (Å²) in [6, 6.07) is 12.6. The highest BCUT2D eigenvalue weighted by Crippen LogP contribution is 2.39. The molecule has 1 aliphatic heterocycles. The van der Waals surface area contributed by atoms with E-state index in [0.29, 0.717) is 16.9 Å². The maximum atomic E-state index is 13.7. The summed E-state index contributed by atoms with van der Waals surface area (Å²) >= 11 is 0. The molecule has 0 amide bonds. The fourth-order valence-corrected chi connectivity index (χ4v) is 4.03. The number of fused-ring (bicyclic) bond motifs is 1. The van der Waals surface area contributed by atoms with Gasteiger partial charge in [0, 0.05) is 23.5 Å². The van der Waals surface area contributed by atoms with E-state index in [1.807, 2.05) is 30.3 Å². The van der Waals surface area contributed by atoms with Crippen LogP contribution in [0.15, 0.2) is 61.1 Å². The van der Waals surface area contributed by atoms with Crippen molar-refractivity contribution in [2.45, 2.75) is 31.5 Å². The zero-order chi connectivity index (χ0) is 22.4. The number of nitrogens with one attached hydrogen (secondary N) is 1. The number of aliphatic hydroxyl groups is 2. The first kappa shape index (κ1) is 20.5. The number of halogens is 2. The van der Waals surface area contributed by atoms with Crippen LogP contribution in [0.3, 0.4) is 0 Å². The van der Waals surface area contributed by atoms with Gasteiger partial charge in [0.2, 0.25) is 0 Å². The van der Waals surface area contributed by atoms with E-state index in [1.165, 1.54) is 6.33 Å². The van der Waals surface area contributed by atoms with E-state index in [1.54, 1.807) is 17.7 Å². The Bertz CT molecular complexity index is 1260. The molecule has 5 rings (SSSR count). The minimum Gasteiger partial charge on any atom is -0.388 e. The third-order valence-corrected chi connectivity index (χ3v) is 5.57. The van der Waals surface area contributed by atoms with Crippen molar-refractivity contribution in [3.8, 4) is 11.1 Å². The minimum atomic E-state index is -1.16. The van der Waals surface area contributed by atoms with Crippen molar-refractivity contribution >= 4 is 22.5 Å². The Morgan fingerprint density at radius 1 is 1.00 bits per heavy atom. The van der Waals surface area contributed by atoms with Gasteiger partial charge in [-0.3, -0.25) is 0 Å². The number of benzene rings is 2.